The van der Waals surface area contributed by atoms with Gasteiger partial charge in [0.15, 0.2) is 0 Å². The molecule has 3 nitrogen and oxygen atoms in total. The van der Waals surface area contributed by atoms with Gasteiger partial charge in [0.25, 0.3) is 0 Å². The van der Waals surface area contributed by atoms with Crippen LogP contribution in [0, 0.1) is 0 Å². The highest BCUT2D eigenvalue weighted by molar-refractivity contribution is 6.35. The topological polar surface area (TPSA) is 30.7 Å². The molecule has 0 N–H and O–H groups in total. The van der Waals surface area contributed by atoms with Crippen LogP contribution >= 0.6 is 23.2 Å². The van der Waals surface area contributed by atoms with Crippen LogP contribution in [0.3, 0.4) is 0 Å². The van der Waals surface area contributed by atoms with Crippen molar-refractivity contribution in [1.29, 1.82) is 0 Å². The van der Waals surface area contributed by atoms with Crippen molar-refractivity contribution in [3.8, 4) is 0 Å². The van der Waals surface area contributed by atoms with Gasteiger partial charge in [-0.15, -0.1) is 0 Å². The summed E-state index contributed by atoms with van der Waals surface area (Å²) >= 11 is 12.0. The minimum Gasteiger partial charge on any atom is -0.248 e. The molecule has 2 rings (SSSR count). The molecule has 14 heavy (non-hydrogen) atoms. The van der Waals surface area contributed by atoms with Crippen molar-refractivity contribution >= 4 is 23.2 Å². The molecule has 1 heterocycles. The maximum atomic E-state index is 6.00. The predicted molar refractivity (Wildman–Crippen MR) is 55.6 cm³/mol. The normalized spacial score (nSPS) is 10.4. The standard InChI is InChI=1S/C9H7Cl2N3/c10-8-2-1-3-9(11)7(8)4-14-6-12-5-13-14/h1-3,5-6H,4H2. The Bertz CT molecular complexity index is 405. The molecular weight excluding hydrogens is 221 g/mol. The van der Waals surface area contributed by atoms with Gasteiger partial charge in [-0.3, -0.25) is 0 Å². The van der Waals surface area contributed by atoms with E-state index in [1.807, 2.05) is 6.07 Å². The van der Waals surface area contributed by atoms with Crippen LogP contribution in [0.25, 0.3) is 0 Å². The summed E-state index contributed by atoms with van der Waals surface area (Å²) in [6.07, 6.45) is 3.10. The first-order valence-electron chi connectivity index (χ1n) is 4.02. The first-order chi connectivity index (χ1) is 6.77. The molecule has 0 fully saturated rings. The van der Waals surface area contributed by atoms with Gasteiger partial charge in [-0.05, 0) is 12.1 Å². The van der Waals surface area contributed by atoms with Crippen LogP contribution in [0.1, 0.15) is 5.56 Å². The van der Waals surface area contributed by atoms with E-state index in [1.165, 1.54) is 6.33 Å². The Morgan fingerprint density at radius 1 is 1.21 bits per heavy atom. The lowest BCUT2D eigenvalue weighted by atomic mass is 10.2. The molecule has 1 aromatic carbocycles. The van der Waals surface area contributed by atoms with Crippen LogP contribution in [-0.2, 0) is 6.54 Å². The number of hydrogen-bond donors (Lipinski definition) is 0. The zero-order chi connectivity index (χ0) is 9.97. The third-order valence-corrected chi connectivity index (χ3v) is 2.56. The second-order valence-electron chi connectivity index (χ2n) is 2.79. The predicted octanol–water partition coefficient (Wildman–Crippen LogP) is 2.63. The molecule has 0 aliphatic heterocycles. The van der Waals surface area contributed by atoms with Gasteiger partial charge in [0, 0.05) is 15.6 Å². The lowest BCUT2D eigenvalue weighted by Gasteiger charge is -2.05. The Morgan fingerprint density at radius 2 is 1.93 bits per heavy atom. The quantitative estimate of drug-likeness (QED) is 0.790. The summed E-state index contributed by atoms with van der Waals surface area (Å²) in [4.78, 5) is 3.84. The average molecular weight is 228 g/mol. The van der Waals surface area contributed by atoms with Gasteiger partial charge in [-0.25, -0.2) is 9.67 Å². The van der Waals surface area contributed by atoms with E-state index in [9.17, 15) is 0 Å². The van der Waals surface area contributed by atoms with Crippen LogP contribution in [0.5, 0.6) is 0 Å². The highest BCUT2D eigenvalue weighted by atomic mass is 35.5. The molecule has 0 aliphatic carbocycles. The highest BCUT2D eigenvalue weighted by Gasteiger charge is 2.05. The van der Waals surface area contributed by atoms with E-state index in [0.29, 0.717) is 16.6 Å². The summed E-state index contributed by atoms with van der Waals surface area (Å²) in [5.74, 6) is 0. The van der Waals surface area contributed by atoms with Gasteiger partial charge >= 0.3 is 0 Å². The fraction of sp³-hybridized carbons (Fsp3) is 0.111. The Balaban J connectivity index is 2.33. The van der Waals surface area contributed by atoms with Gasteiger partial charge in [-0.1, -0.05) is 29.3 Å². The molecular formula is C9H7Cl2N3. The minimum absolute atomic E-state index is 0.540. The molecule has 0 radical (unpaired) electrons. The molecule has 0 saturated heterocycles. The number of hydrogen-bond acceptors (Lipinski definition) is 2. The second kappa shape index (κ2) is 3.98. The third kappa shape index (κ3) is 1.89. The molecule has 0 atom stereocenters. The smallest absolute Gasteiger partial charge is 0.137 e. The molecule has 1 aromatic heterocycles. The van der Waals surface area contributed by atoms with Crippen molar-refractivity contribution in [2.45, 2.75) is 6.54 Å². The van der Waals surface area contributed by atoms with E-state index in [-0.39, 0.29) is 0 Å². The van der Waals surface area contributed by atoms with E-state index in [2.05, 4.69) is 10.1 Å². The van der Waals surface area contributed by atoms with E-state index in [0.717, 1.165) is 5.56 Å². The van der Waals surface area contributed by atoms with Gasteiger partial charge in [0.2, 0.25) is 0 Å². The van der Waals surface area contributed by atoms with E-state index in [4.69, 9.17) is 23.2 Å². The van der Waals surface area contributed by atoms with Crippen molar-refractivity contribution in [3.63, 3.8) is 0 Å². The van der Waals surface area contributed by atoms with Crippen LogP contribution in [0.4, 0.5) is 0 Å². The summed E-state index contributed by atoms with van der Waals surface area (Å²) in [6, 6.07) is 5.43. The lowest BCUT2D eigenvalue weighted by Crippen LogP contribution is -2.01. The molecule has 0 saturated carbocycles. The molecule has 72 valence electrons. The van der Waals surface area contributed by atoms with Gasteiger partial charge in [0.05, 0.1) is 6.54 Å². The largest absolute Gasteiger partial charge is 0.248 e. The Morgan fingerprint density at radius 3 is 2.50 bits per heavy atom. The Hall–Kier alpha value is -1.06. The fourth-order valence-electron chi connectivity index (χ4n) is 1.16. The second-order valence-corrected chi connectivity index (χ2v) is 3.61. The lowest BCUT2D eigenvalue weighted by molar-refractivity contribution is 0.685. The van der Waals surface area contributed by atoms with Crippen molar-refractivity contribution < 1.29 is 0 Å². The number of nitrogens with zero attached hydrogens (tertiary/aromatic N) is 3. The molecule has 2 aromatic rings. The number of rotatable bonds is 2. The SMILES string of the molecule is Clc1cccc(Cl)c1Cn1cncn1. The summed E-state index contributed by atoms with van der Waals surface area (Å²) in [7, 11) is 0. The molecule has 0 spiro atoms. The van der Waals surface area contributed by atoms with Crippen LogP contribution in [0.15, 0.2) is 30.9 Å². The first kappa shape index (κ1) is 9.49. The van der Waals surface area contributed by atoms with E-state index >= 15 is 0 Å². The summed E-state index contributed by atoms with van der Waals surface area (Å²) in [5, 5.41) is 5.27. The molecule has 0 amide bonds. The molecule has 0 unspecified atom stereocenters. The zero-order valence-corrected chi connectivity index (χ0v) is 8.70. The van der Waals surface area contributed by atoms with Gasteiger partial charge in [-0.2, -0.15) is 5.10 Å². The van der Waals surface area contributed by atoms with Crippen molar-refractivity contribution in [1.82, 2.24) is 14.8 Å². The number of benzene rings is 1. The maximum Gasteiger partial charge on any atom is 0.137 e. The molecule has 0 bridgehead atoms. The van der Waals surface area contributed by atoms with Crippen LogP contribution in [0.2, 0.25) is 10.0 Å². The van der Waals surface area contributed by atoms with Crippen molar-refractivity contribution in [2.75, 3.05) is 0 Å². The van der Waals surface area contributed by atoms with Gasteiger partial charge in [0.1, 0.15) is 12.7 Å². The molecule has 5 heteroatoms. The zero-order valence-electron chi connectivity index (χ0n) is 7.19. The fourth-order valence-corrected chi connectivity index (χ4v) is 1.68. The van der Waals surface area contributed by atoms with Crippen molar-refractivity contribution in [2.24, 2.45) is 0 Å². The van der Waals surface area contributed by atoms with Crippen LogP contribution in [-0.4, -0.2) is 14.8 Å². The maximum absolute atomic E-state index is 6.00. The van der Waals surface area contributed by atoms with Crippen LogP contribution < -0.4 is 0 Å². The molecule has 0 aliphatic rings. The summed E-state index contributed by atoms with van der Waals surface area (Å²) in [6.45, 7) is 0.540. The minimum atomic E-state index is 0.540. The highest BCUT2D eigenvalue weighted by Crippen LogP contribution is 2.24. The monoisotopic (exact) mass is 227 g/mol. The van der Waals surface area contributed by atoms with E-state index in [1.54, 1.807) is 23.1 Å². The van der Waals surface area contributed by atoms with Crippen molar-refractivity contribution in [3.05, 3.63) is 46.5 Å². The number of halogens is 2. The van der Waals surface area contributed by atoms with Gasteiger partial charge < -0.3 is 0 Å². The number of aromatic nitrogens is 3. The average Bonchev–Trinajstić information content (AvgIpc) is 2.64. The summed E-state index contributed by atoms with van der Waals surface area (Å²) in [5.41, 5.74) is 0.862. The van der Waals surface area contributed by atoms with E-state index < -0.39 is 0 Å². The summed E-state index contributed by atoms with van der Waals surface area (Å²) < 4.78 is 1.67. The Labute approximate surface area is 91.3 Å². The Kier molecular flexibility index (Phi) is 2.70. The third-order valence-electron chi connectivity index (χ3n) is 1.85. The first-order valence-corrected chi connectivity index (χ1v) is 4.78.